The van der Waals surface area contributed by atoms with Crippen molar-refractivity contribution in [1.29, 1.82) is 5.26 Å². The molecule has 1 amide bonds. The van der Waals surface area contributed by atoms with Crippen LogP contribution in [-0.2, 0) is 0 Å². The molecule has 0 saturated heterocycles. The predicted molar refractivity (Wildman–Crippen MR) is 71.8 cm³/mol. The Labute approximate surface area is 112 Å². The highest BCUT2D eigenvalue weighted by Crippen LogP contribution is 2.20. The van der Waals surface area contributed by atoms with Gasteiger partial charge in [0.15, 0.2) is 5.95 Å². The zero-order valence-electron chi connectivity index (χ0n) is 10.1. The Hall–Kier alpha value is -3.34. The number of nitrogen functional groups attached to an aromatic ring is 1. The van der Waals surface area contributed by atoms with E-state index in [4.69, 9.17) is 11.0 Å². The van der Waals surface area contributed by atoms with E-state index in [1.54, 1.807) is 12.3 Å². The number of aromatic amines is 2. The summed E-state index contributed by atoms with van der Waals surface area (Å²) in [4.78, 5) is 25.8. The molecule has 3 aromatic rings. The van der Waals surface area contributed by atoms with Crippen molar-refractivity contribution < 1.29 is 4.79 Å². The SMILES string of the molecule is N#Cc1cc(C(=O)Nc2ncc[nH]2)c2nc(N)[nH]c2c1. The molecule has 5 N–H and O–H groups in total. The molecule has 3 rings (SSSR count). The molecule has 0 saturated carbocycles. The highest BCUT2D eigenvalue weighted by Gasteiger charge is 2.16. The molecule has 0 radical (unpaired) electrons. The van der Waals surface area contributed by atoms with Crippen molar-refractivity contribution in [3.05, 3.63) is 35.7 Å². The van der Waals surface area contributed by atoms with Crippen molar-refractivity contribution in [1.82, 2.24) is 19.9 Å². The van der Waals surface area contributed by atoms with Gasteiger partial charge in [-0.1, -0.05) is 0 Å². The summed E-state index contributed by atoms with van der Waals surface area (Å²) < 4.78 is 0. The Balaban J connectivity index is 2.09. The Bertz CT molecular complexity index is 825. The minimum Gasteiger partial charge on any atom is -0.369 e. The highest BCUT2D eigenvalue weighted by molar-refractivity contribution is 6.11. The van der Waals surface area contributed by atoms with E-state index in [2.05, 4.69) is 25.3 Å². The van der Waals surface area contributed by atoms with Crippen LogP contribution in [0.3, 0.4) is 0 Å². The van der Waals surface area contributed by atoms with Gasteiger partial charge >= 0.3 is 0 Å². The van der Waals surface area contributed by atoms with E-state index in [0.717, 1.165) is 0 Å². The maximum absolute atomic E-state index is 12.2. The number of amides is 1. The molecular formula is C12H9N7O. The van der Waals surface area contributed by atoms with E-state index >= 15 is 0 Å². The van der Waals surface area contributed by atoms with E-state index in [1.807, 2.05) is 6.07 Å². The van der Waals surface area contributed by atoms with E-state index in [1.165, 1.54) is 12.3 Å². The summed E-state index contributed by atoms with van der Waals surface area (Å²) in [5.41, 5.74) is 7.12. The normalized spacial score (nSPS) is 10.3. The first-order valence-electron chi connectivity index (χ1n) is 5.67. The third-order valence-corrected chi connectivity index (χ3v) is 2.71. The first-order valence-corrected chi connectivity index (χ1v) is 5.67. The molecule has 1 aromatic carbocycles. The molecule has 0 bridgehead atoms. The molecule has 8 heteroatoms. The lowest BCUT2D eigenvalue weighted by molar-refractivity contribution is 0.102. The number of carbonyl (C=O) groups excluding carboxylic acids is 1. The maximum Gasteiger partial charge on any atom is 0.260 e. The van der Waals surface area contributed by atoms with Crippen LogP contribution in [0.25, 0.3) is 11.0 Å². The van der Waals surface area contributed by atoms with Crippen molar-refractivity contribution in [2.24, 2.45) is 0 Å². The fraction of sp³-hybridized carbons (Fsp3) is 0. The number of imidazole rings is 2. The predicted octanol–water partition coefficient (Wildman–Crippen LogP) is 0.992. The quantitative estimate of drug-likeness (QED) is 0.548. The van der Waals surface area contributed by atoms with Gasteiger partial charge in [-0.3, -0.25) is 10.1 Å². The summed E-state index contributed by atoms with van der Waals surface area (Å²) in [6.45, 7) is 0. The molecule has 20 heavy (non-hydrogen) atoms. The number of nitrogens with one attached hydrogen (secondary N) is 3. The number of nitrogens with two attached hydrogens (primary N) is 1. The number of nitrogens with zero attached hydrogens (tertiary/aromatic N) is 3. The molecule has 0 atom stereocenters. The van der Waals surface area contributed by atoms with Crippen LogP contribution in [0.15, 0.2) is 24.5 Å². The van der Waals surface area contributed by atoms with Gasteiger partial charge in [-0.2, -0.15) is 5.26 Å². The first-order chi connectivity index (χ1) is 9.67. The lowest BCUT2D eigenvalue weighted by Gasteiger charge is -2.03. The molecular weight excluding hydrogens is 258 g/mol. The Kier molecular flexibility index (Phi) is 2.58. The molecule has 0 aliphatic carbocycles. The van der Waals surface area contributed by atoms with Crippen molar-refractivity contribution in [2.75, 3.05) is 11.1 Å². The highest BCUT2D eigenvalue weighted by atomic mass is 16.1. The zero-order valence-corrected chi connectivity index (χ0v) is 10.1. The van der Waals surface area contributed by atoms with Gasteiger partial charge < -0.3 is 15.7 Å². The van der Waals surface area contributed by atoms with Gasteiger partial charge in [0.05, 0.1) is 22.7 Å². The average molecular weight is 267 g/mol. The van der Waals surface area contributed by atoms with Gasteiger partial charge in [0.1, 0.15) is 5.52 Å². The number of anilines is 2. The fourth-order valence-corrected chi connectivity index (χ4v) is 1.88. The molecule has 0 spiro atoms. The number of carbonyl (C=O) groups is 1. The number of aromatic nitrogens is 4. The number of hydrogen-bond donors (Lipinski definition) is 4. The summed E-state index contributed by atoms with van der Waals surface area (Å²) in [7, 11) is 0. The van der Waals surface area contributed by atoms with Crippen molar-refractivity contribution in [2.45, 2.75) is 0 Å². The summed E-state index contributed by atoms with van der Waals surface area (Å²) >= 11 is 0. The van der Waals surface area contributed by atoms with Crippen LogP contribution in [0.2, 0.25) is 0 Å². The minimum atomic E-state index is -0.423. The minimum absolute atomic E-state index is 0.183. The molecule has 2 aromatic heterocycles. The van der Waals surface area contributed by atoms with Gasteiger partial charge in [-0.15, -0.1) is 0 Å². The number of H-pyrrole nitrogens is 2. The third kappa shape index (κ3) is 1.93. The molecule has 0 aliphatic rings. The summed E-state index contributed by atoms with van der Waals surface area (Å²) in [6.07, 6.45) is 3.10. The number of fused-ring (bicyclic) bond motifs is 1. The standard InChI is InChI=1S/C12H9N7O/c13-5-6-3-7(9-8(4-6)17-11(14)18-9)10(20)19-12-15-1-2-16-12/h1-4H,(H3,14,17,18)(H2,15,16,19,20). The van der Waals surface area contributed by atoms with Crippen LogP contribution in [0, 0.1) is 11.3 Å². The maximum atomic E-state index is 12.2. The number of benzene rings is 1. The average Bonchev–Trinajstić information content (AvgIpc) is 3.05. The summed E-state index contributed by atoms with van der Waals surface area (Å²) in [6, 6.07) is 5.04. The number of nitriles is 1. The second kappa shape index (κ2) is 4.40. The van der Waals surface area contributed by atoms with Crippen LogP contribution in [0.1, 0.15) is 15.9 Å². The monoisotopic (exact) mass is 267 g/mol. The van der Waals surface area contributed by atoms with Crippen LogP contribution in [0.5, 0.6) is 0 Å². The molecule has 0 fully saturated rings. The lowest BCUT2D eigenvalue weighted by atomic mass is 10.1. The summed E-state index contributed by atoms with van der Waals surface area (Å²) in [5.74, 6) is 0.0738. The van der Waals surface area contributed by atoms with Crippen molar-refractivity contribution in [3.8, 4) is 6.07 Å². The lowest BCUT2D eigenvalue weighted by Crippen LogP contribution is -2.13. The van der Waals surface area contributed by atoms with Crippen molar-refractivity contribution in [3.63, 3.8) is 0 Å². The first kappa shape index (κ1) is 11.7. The second-order valence-corrected chi connectivity index (χ2v) is 4.05. The smallest absolute Gasteiger partial charge is 0.260 e. The Morgan fingerprint density at radius 1 is 1.45 bits per heavy atom. The van der Waals surface area contributed by atoms with Gasteiger partial charge in [-0.25, -0.2) is 9.97 Å². The van der Waals surface area contributed by atoms with Gasteiger partial charge in [-0.05, 0) is 12.1 Å². The van der Waals surface area contributed by atoms with Crippen LogP contribution in [0.4, 0.5) is 11.9 Å². The van der Waals surface area contributed by atoms with Gasteiger partial charge in [0, 0.05) is 12.4 Å². The molecule has 2 heterocycles. The van der Waals surface area contributed by atoms with E-state index in [0.29, 0.717) is 22.5 Å². The Morgan fingerprint density at radius 3 is 3.00 bits per heavy atom. The largest absolute Gasteiger partial charge is 0.369 e. The topological polar surface area (TPSA) is 136 Å². The van der Waals surface area contributed by atoms with Gasteiger partial charge in [0.25, 0.3) is 5.91 Å². The van der Waals surface area contributed by atoms with Crippen LogP contribution in [-0.4, -0.2) is 25.8 Å². The van der Waals surface area contributed by atoms with E-state index in [-0.39, 0.29) is 11.5 Å². The van der Waals surface area contributed by atoms with E-state index < -0.39 is 5.91 Å². The number of rotatable bonds is 2. The second-order valence-electron chi connectivity index (χ2n) is 4.05. The molecule has 98 valence electrons. The zero-order chi connectivity index (χ0) is 14.1. The molecule has 0 unspecified atom stereocenters. The number of hydrogen-bond acceptors (Lipinski definition) is 5. The van der Waals surface area contributed by atoms with Gasteiger partial charge in [0.2, 0.25) is 5.95 Å². The van der Waals surface area contributed by atoms with Crippen molar-refractivity contribution >= 4 is 28.8 Å². The summed E-state index contributed by atoms with van der Waals surface area (Å²) in [5, 5.41) is 11.6. The Morgan fingerprint density at radius 2 is 2.30 bits per heavy atom. The fourth-order valence-electron chi connectivity index (χ4n) is 1.88. The van der Waals surface area contributed by atoms with E-state index in [9.17, 15) is 4.79 Å². The molecule has 8 nitrogen and oxygen atoms in total. The molecule has 0 aliphatic heterocycles. The third-order valence-electron chi connectivity index (χ3n) is 2.71. The van der Waals surface area contributed by atoms with Crippen LogP contribution >= 0.6 is 0 Å². The van der Waals surface area contributed by atoms with Crippen LogP contribution < -0.4 is 11.1 Å².